The number of carbonyl (C=O) groups excluding carboxylic acids is 2. The average molecular weight is 390 g/mol. The summed E-state index contributed by atoms with van der Waals surface area (Å²) in [6, 6.07) is 14.1. The number of benzene rings is 1. The van der Waals surface area contributed by atoms with Crippen LogP contribution in [0.1, 0.15) is 32.4 Å². The number of Topliss-reactive ketones (excluding diaryl/α,β-unsaturated/α-hetero) is 1. The third-order valence-corrected chi connectivity index (χ3v) is 5.63. The second-order valence-corrected chi connectivity index (χ2v) is 7.62. The highest BCUT2D eigenvalue weighted by atomic mass is 32.1. The first-order chi connectivity index (χ1) is 13.6. The van der Waals surface area contributed by atoms with Crippen LogP contribution in [0, 0.1) is 6.92 Å². The standard InChI is InChI=1S/C22H18N2O3S/c1-14-6-8-16(9-7-14)19-18(20(25)17-5-3-11-28-17)21(26)22(27)24(19)13-15-4-2-10-23-12-15/h2-12,19,26H,13H2,1H3. The van der Waals surface area contributed by atoms with Crippen LogP contribution in [0.5, 0.6) is 0 Å². The molecular formula is C22H18N2O3S. The van der Waals surface area contributed by atoms with Crippen molar-refractivity contribution in [3.05, 3.63) is 99.2 Å². The number of pyridine rings is 1. The molecule has 1 aromatic carbocycles. The van der Waals surface area contributed by atoms with E-state index in [2.05, 4.69) is 4.98 Å². The molecule has 3 heterocycles. The fourth-order valence-electron chi connectivity index (χ4n) is 3.37. The predicted molar refractivity (Wildman–Crippen MR) is 107 cm³/mol. The van der Waals surface area contributed by atoms with E-state index >= 15 is 0 Å². The number of aliphatic hydroxyl groups is 1. The van der Waals surface area contributed by atoms with Crippen LogP contribution in [0.25, 0.3) is 0 Å². The molecule has 0 bridgehead atoms. The predicted octanol–water partition coefficient (Wildman–Crippen LogP) is 4.23. The normalized spacial score (nSPS) is 16.7. The highest BCUT2D eigenvalue weighted by Crippen LogP contribution is 2.40. The molecule has 0 saturated carbocycles. The molecule has 0 spiro atoms. The summed E-state index contributed by atoms with van der Waals surface area (Å²) >= 11 is 1.29. The zero-order chi connectivity index (χ0) is 19.7. The smallest absolute Gasteiger partial charge is 0.290 e. The quantitative estimate of drug-likeness (QED) is 0.662. The van der Waals surface area contributed by atoms with Crippen molar-refractivity contribution in [2.24, 2.45) is 0 Å². The number of carbonyl (C=O) groups is 2. The van der Waals surface area contributed by atoms with E-state index in [1.165, 1.54) is 16.2 Å². The second kappa shape index (κ2) is 7.40. The maximum atomic E-state index is 13.1. The molecule has 1 unspecified atom stereocenters. The largest absolute Gasteiger partial charge is 0.503 e. The van der Waals surface area contributed by atoms with Crippen molar-refractivity contribution in [2.75, 3.05) is 0 Å². The molecule has 4 rings (SSSR count). The summed E-state index contributed by atoms with van der Waals surface area (Å²) in [5.41, 5.74) is 2.81. The van der Waals surface area contributed by atoms with Crippen LogP contribution in [-0.4, -0.2) is 26.7 Å². The third kappa shape index (κ3) is 3.23. The minimum atomic E-state index is -0.650. The number of thiophene rings is 1. The van der Waals surface area contributed by atoms with Gasteiger partial charge in [-0.2, -0.15) is 0 Å². The van der Waals surface area contributed by atoms with Crippen molar-refractivity contribution in [1.29, 1.82) is 0 Å². The van der Waals surface area contributed by atoms with Gasteiger partial charge in [-0.15, -0.1) is 11.3 Å². The van der Waals surface area contributed by atoms with Crippen LogP contribution in [0.15, 0.2) is 77.6 Å². The van der Waals surface area contributed by atoms with Crippen molar-refractivity contribution in [3.8, 4) is 0 Å². The van der Waals surface area contributed by atoms with Crippen molar-refractivity contribution in [3.63, 3.8) is 0 Å². The summed E-state index contributed by atoms with van der Waals surface area (Å²) < 4.78 is 0. The first kappa shape index (κ1) is 18.1. The summed E-state index contributed by atoms with van der Waals surface area (Å²) in [5, 5.41) is 12.4. The number of aromatic nitrogens is 1. The van der Waals surface area contributed by atoms with Crippen LogP contribution in [0.2, 0.25) is 0 Å². The topological polar surface area (TPSA) is 70.5 Å². The van der Waals surface area contributed by atoms with Crippen LogP contribution < -0.4 is 0 Å². The first-order valence-electron chi connectivity index (χ1n) is 8.84. The summed E-state index contributed by atoms with van der Waals surface area (Å²) in [6.07, 6.45) is 3.34. The molecular weight excluding hydrogens is 372 g/mol. The molecule has 3 aromatic rings. The lowest BCUT2D eigenvalue weighted by atomic mass is 9.94. The van der Waals surface area contributed by atoms with E-state index < -0.39 is 17.7 Å². The summed E-state index contributed by atoms with van der Waals surface area (Å²) in [5.74, 6) is -1.35. The van der Waals surface area contributed by atoms with Gasteiger partial charge in [-0.1, -0.05) is 42.0 Å². The maximum absolute atomic E-state index is 13.1. The van der Waals surface area contributed by atoms with Crippen LogP contribution >= 0.6 is 11.3 Å². The Bertz CT molecular complexity index is 1040. The summed E-state index contributed by atoms with van der Waals surface area (Å²) in [4.78, 5) is 32.1. The first-order valence-corrected chi connectivity index (χ1v) is 9.72. The van der Waals surface area contributed by atoms with Gasteiger partial charge in [-0.3, -0.25) is 14.6 Å². The minimum absolute atomic E-state index is 0.125. The van der Waals surface area contributed by atoms with Gasteiger partial charge in [0.05, 0.1) is 16.5 Å². The zero-order valence-corrected chi connectivity index (χ0v) is 16.0. The molecule has 1 aliphatic rings. The Balaban J connectivity index is 1.79. The number of hydrogen-bond acceptors (Lipinski definition) is 5. The Morgan fingerprint density at radius 2 is 1.96 bits per heavy atom. The van der Waals surface area contributed by atoms with Gasteiger partial charge in [0.15, 0.2) is 5.76 Å². The number of aliphatic hydroxyl groups excluding tert-OH is 1. The molecule has 1 aliphatic heterocycles. The Kier molecular flexibility index (Phi) is 4.79. The lowest BCUT2D eigenvalue weighted by Gasteiger charge is -2.27. The zero-order valence-electron chi connectivity index (χ0n) is 15.2. The van der Waals surface area contributed by atoms with Gasteiger partial charge in [0.25, 0.3) is 5.91 Å². The number of aryl methyl sites for hydroxylation is 1. The molecule has 1 atom stereocenters. The number of rotatable bonds is 5. The molecule has 0 saturated heterocycles. The van der Waals surface area contributed by atoms with Crippen molar-refractivity contribution < 1.29 is 14.7 Å². The molecule has 1 N–H and O–H groups in total. The molecule has 2 aromatic heterocycles. The van der Waals surface area contributed by atoms with E-state index in [1.807, 2.05) is 37.3 Å². The highest BCUT2D eigenvalue weighted by molar-refractivity contribution is 7.12. The van der Waals surface area contributed by atoms with E-state index in [0.717, 1.165) is 16.7 Å². The molecule has 1 amide bonds. The molecule has 6 heteroatoms. The number of ketones is 1. The maximum Gasteiger partial charge on any atom is 0.290 e. The molecule has 0 aliphatic carbocycles. The van der Waals surface area contributed by atoms with Crippen LogP contribution in [-0.2, 0) is 11.3 Å². The summed E-state index contributed by atoms with van der Waals surface area (Å²) in [6.45, 7) is 2.22. The van der Waals surface area contributed by atoms with Gasteiger partial charge in [-0.05, 0) is 35.6 Å². The molecule has 0 radical (unpaired) electrons. The number of hydrogen-bond donors (Lipinski definition) is 1. The Morgan fingerprint density at radius 1 is 1.18 bits per heavy atom. The Labute approximate surface area is 166 Å². The lowest BCUT2D eigenvalue weighted by Crippen LogP contribution is -2.30. The van der Waals surface area contributed by atoms with E-state index in [-0.39, 0.29) is 17.9 Å². The molecule has 28 heavy (non-hydrogen) atoms. The lowest BCUT2D eigenvalue weighted by molar-refractivity contribution is -0.130. The van der Waals surface area contributed by atoms with E-state index in [1.54, 1.807) is 36.0 Å². The van der Waals surface area contributed by atoms with Gasteiger partial charge in [0, 0.05) is 18.9 Å². The molecule has 0 fully saturated rings. The van der Waals surface area contributed by atoms with Crippen molar-refractivity contribution >= 4 is 23.0 Å². The molecule has 5 nitrogen and oxygen atoms in total. The fraction of sp³-hybridized carbons (Fsp3) is 0.136. The van der Waals surface area contributed by atoms with Gasteiger partial charge < -0.3 is 10.0 Å². The number of nitrogens with zero attached hydrogens (tertiary/aromatic N) is 2. The van der Waals surface area contributed by atoms with Gasteiger partial charge in [-0.25, -0.2) is 0 Å². The van der Waals surface area contributed by atoms with Gasteiger partial charge in [0.1, 0.15) is 0 Å². The summed E-state index contributed by atoms with van der Waals surface area (Å²) in [7, 11) is 0. The van der Waals surface area contributed by atoms with E-state index in [9.17, 15) is 14.7 Å². The average Bonchev–Trinajstić information content (AvgIpc) is 3.33. The monoisotopic (exact) mass is 390 g/mol. The number of amides is 1. The van der Waals surface area contributed by atoms with Crippen molar-refractivity contribution in [2.45, 2.75) is 19.5 Å². The Hall–Kier alpha value is -3.25. The minimum Gasteiger partial charge on any atom is -0.503 e. The third-order valence-electron chi connectivity index (χ3n) is 4.76. The van der Waals surface area contributed by atoms with E-state index in [0.29, 0.717) is 4.88 Å². The SMILES string of the molecule is Cc1ccc(C2C(C(=O)c3cccs3)=C(O)C(=O)N2Cc2cccnc2)cc1. The van der Waals surface area contributed by atoms with Crippen molar-refractivity contribution in [1.82, 2.24) is 9.88 Å². The fourth-order valence-corrected chi connectivity index (χ4v) is 4.05. The van der Waals surface area contributed by atoms with Crippen LogP contribution in [0.4, 0.5) is 0 Å². The van der Waals surface area contributed by atoms with Gasteiger partial charge in [0.2, 0.25) is 5.78 Å². The Morgan fingerprint density at radius 3 is 2.61 bits per heavy atom. The second-order valence-electron chi connectivity index (χ2n) is 6.68. The van der Waals surface area contributed by atoms with Gasteiger partial charge >= 0.3 is 0 Å². The van der Waals surface area contributed by atoms with E-state index in [4.69, 9.17) is 0 Å². The van der Waals surface area contributed by atoms with Crippen LogP contribution in [0.3, 0.4) is 0 Å². The highest BCUT2D eigenvalue weighted by Gasteiger charge is 2.43. The molecule has 140 valence electrons.